The van der Waals surface area contributed by atoms with Crippen molar-refractivity contribution in [1.82, 2.24) is 0 Å². The number of amides is 1. The number of rotatable bonds is 4. The highest BCUT2D eigenvalue weighted by molar-refractivity contribution is 8.13. The summed E-state index contributed by atoms with van der Waals surface area (Å²) in [5, 5.41) is 3.33. The Kier molecular flexibility index (Phi) is 5.46. The van der Waals surface area contributed by atoms with Gasteiger partial charge in [-0.05, 0) is 25.1 Å². The molecule has 3 rings (SSSR count). The summed E-state index contributed by atoms with van der Waals surface area (Å²) >= 11 is 7.41. The minimum atomic E-state index is -0.876. The molecule has 0 aromatic heterocycles. The van der Waals surface area contributed by atoms with E-state index < -0.39 is 5.79 Å². The summed E-state index contributed by atoms with van der Waals surface area (Å²) < 4.78 is 11.8. The fraction of sp³-hybridized carbons (Fsp3) is 0.278. The van der Waals surface area contributed by atoms with Crippen LogP contribution in [0.4, 0.5) is 10.5 Å². The van der Waals surface area contributed by atoms with Gasteiger partial charge in [0, 0.05) is 22.0 Å². The fourth-order valence-electron chi connectivity index (χ4n) is 2.53. The monoisotopic (exact) mass is 363 g/mol. The predicted molar refractivity (Wildman–Crippen MR) is 97.5 cm³/mol. The number of anilines is 1. The standard InChI is InChI=1S/C18H18ClNO3S/c1-18(15-9-5-6-10-16(15)19)22-11-14(23-18)12-24-17(21)20-13-7-3-2-4-8-13/h2-10,14H,11-12H2,1H3,(H,20,21). The van der Waals surface area contributed by atoms with Gasteiger partial charge in [-0.3, -0.25) is 4.79 Å². The van der Waals surface area contributed by atoms with Crippen molar-refractivity contribution in [3.63, 3.8) is 0 Å². The number of nitrogens with one attached hydrogen (secondary N) is 1. The molecule has 6 heteroatoms. The van der Waals surface area contributed by atoms with Gasteiger partial charge in [0.1, 0.15) is 0 Å². The zero-order valence-corrected chi connectivity index (χ0v) is 14.8. The molecule has 1 amide bonds. The van der Waals surface area contributed by atoms with Crippen LogP contribution in [0.15, 0.2) is 54.6 Å². The van der Waals surface area contributed by atoms with Crippen molar-refractivity contribution in [2.45, 2.75) is 18.8 Å². The molecule has 126 valence electrons. The predicted octanol–water partition coefficient (Wildman–Crippen LogP) is 4.89. The second kappa shape index (κ2) is 7.57. The van der Waals surface area contributed by atoms with Crippen LogP contribution in [0.25, 0.3) is 0 Å². The quantitative estimate of drug-likeness (QED) is 0.839. The largest absolute Gasteiger partial charge is 0.343 e. The lowest BCUT2D eigenvalue weighted by Crippen LogP contribution is -2.25. The second-order valence-corrected chi connectivity index (χ2v) is 6.97. The topological polar surface area (TPSA) is 47.6 Å². The molecule has 1 aliphatic heterocycles. The van der Waals surface area contributed by atoms with Crippen LogP contribution < -0.4 is 5.32 Å². The van der Waals surface area contributed by atoms with Crippen LogP contribution in [0.1, 0.15) is 12.5 Å². The molecule has 2 atom stereocenters. The Morgan fingerprint density at radius 1 is 1.25 bits per heavy atom. The molecule has 0 saturated carbocycles. The number of benzene rings is 2. The summed E-state index contributed by atoms with van der Waals surface area (Å²) in [6.45, 7) is 2.27. The van der Waals surface area contributed by atoms with Gasteiger partial charge in [-0.1, -0.05) is 59.8 Å². The Labute approximate surface area is 150 Å². The molecule has 2 aromatic rings. The SMILES string of the molecule is CC1(c2ccccc2Cl)OCC(CSC(=O)Nc2ccccc2)O1. The Morgan fingerprint density at radius 2 is 1.96 bits per heavy atom. The van der Waals surface area contributed by atoms with E-state index in [4.69, 9.17) is 21.1 Å². The Balaban J connectivity index is 1.53. The zero-order chi connectivity index (χ0) is 17.0. The Bertz CT molecular complexity index is 712. The Hall–Kier alpha value is -1.53. The zero-order valence-electron chi connectivity index (χ0n) is 13.2. The summed E-state index contributed by atoms with van der Waals surface area (Å²) in [6, 6.07) is 16.8. The average Bonchev–Trinajstić information content (AvgIpc) is 2.97. The van der Waals surface area contributed by atoms with Gasteiger partial charge in [-0.25, -0.2) is 0 Å². The van der Waals surface area contributed by atoms with E-state index >= 15 is 0 Å². The van der Waals surface area contributed by atoms with Crippen LogP contribution >= 0.6 is 23.4 Å². The van der Waals surface area contributed by atoms with Crippen molar-refractivity contribution in [3.8, 4) is 0 Å². The smallest absolute Gasteiger partial charge is 0.283 e. The van der Waals surface area contributed by atoms with Gasteiger partial charge in [0.25, 0.3) is 5.24 Å². The van der Waals surface area contributed by atoms with Crippen molar-refractivity contribution in [2.75, 3.05) is 17.7 Å². The maximum absolute atomic E-state index is 12.0. The minimum Gasteiger partial charge on any atom is -0.343 e. The van der Waals surface area contributed by atoms with Crippen LogP contribution in [0.2, 0.25) is 5.02 Å². The van der Waals surface area contributed by atoms with Gasteiger partial charge < -0.3 is 14.8 Å². The molecular weight excluding hydrogens is 346 g/mol. The van der Waals surface area contributed by atoms with Gasteiger partial charge in [-0.2, -0.15) is 0 Å². The molecule has 1 N–H and O–H groups in total. The summed E-state index contributed by atoms with van der Waals surface area (Å²) in [6.07, 6.45) is -0.169. The second-order valence-electron chi connectivity index (χ2n) is 5.57. The number of thioether (sulfide) groups is 1. The summed E-state index contributed by atoms with van der Waals surface area (Å²) in [4.78, 5) is 12.0. The van der Waals surface area contributed by atoms with Crippen LogP contribution in [0.5, 0.6) is 0 Å². The van der Waals surface area contributed by atoms with E-state index in [1.165, 1.54) is 11.8 Å². The maximum Gasteiger partial charge on any atom is 0.283 e. The Morgan fingerprint density at radius 3 is 2.71 bits per heavy atom. The van der Waals surface area contributed by atoms with Gasteiger partial charge >= 0.3 is 0 Å². The number of hydrogen-bond acceptors (Lipinski definition) is 4. The van der Waals surface area contributed by atoms with E-state index in [1.807, 2.05) is 61.5 Å². The first kappa shape index (κ1) is 17.3. The van der Waals surface area contributed by atoms with Crippen LogP contribution in [-0.2, 0) is 15.3 Å². The lowest BCUT2D eigenvalue weighted by molar-refractivity contribution is -0.159. The van der Waals surface area contributed by atoms with Crippen molar-refractivity contribution < 1.29 is 14.3 Å². The van der Waals surface area contributed by atoms with Crippen LogP contribution in [0, 0.1) is 0 Å². The molecule has 24 heavy (non-hydrogen) atoms. The molecule has 0 bridgehead atoms. The molecule has 0 radical (unpaired) electrons. The number of ether oxygens (including phenoxy) is 2. The minimum absolute atomic E-state index is 0.115. The van der Waals surface area contributed by atoms with Gasteiger partial charge in [0.05, 0.1) is 12.7 Å². The number of para-hydroxylation sites is 1. The van der Waals surface area contributed by atoms with E-state index in [2.05, 4.69) is 5.32 Å². The lowest BCUT2D eigenvalue weighted by Gasteiger charge is -2.24. The first-order chi connectivity index (χ1) is 11.6. The molecule has 1 heterocycles. The number of carbonyl (C=O) groups is 1. The van der Waals surface area contributed by atoms with Crippen molar-refractivity contribution >= 4 is 34.3 Å². The van der Waals surface area contributed by atoms with E-state index in [0.717, 1.165) is 11.3 Å². The number of carbonyl (C=O) groups excluding carboxylic acids is 1. The normalized spacial score (nSPS) is 23.2. The number of hydrogen-bond donors (Lipinski definition) is 1. The van der Waals surface area contributed by atoms with E-state index in [9.17, 15) is 4.79 Å². The lowest BCUT2D eigenvalue weighted by atomic mass is 10.1. The molecular formula is C18H18ClNO3S. The van der Waals surface area contributed by atoms with E-state index in [1.54, 1.807) is 0 Å². The average molecular weight is 364 g/mol. The van der Waals surface area contributed by atoms with Gasteiger partial charge in [-0.15, -0.1) is 0 Å². The molecule has 4 nitrogen and oxygen atoms in total. The van der Waals surface area contributed by atoms with Gasteiger partial charge in [0.2, 0.25) is 0 Å². The molecule has 1 saturated heterocycles. The highest BCUT2D eigenvalue weighted by Gasteiger charge is 2.40. The molecule has 2 unspecified atom stereocenters. The summed E-state index contributed by atoms with van der Waals surface area (Å²) in [5.74, 6) is -0.363. The van der Waals surface area contributed by atoms with E-state index in [-0.39, 0.29) is 11.3 Å². The van der Waals surface area contributed by atoms with Crippen molar-refractivity contribution in [2.24, 2.45) is 0 Å². The highest BCUT2D eigenvalue weighted by Crippen LogP contribution is 2.38. The molecule has 0 aliphatic carbocycles. The third-order valence-corrected chi connectivity index (χ3v) is 4.95. The van der Waals surface area contributed by atoms with Crippen LogP contribution in [0.3, 0.4) is 0 Å². The highest BCUT2D eigenvalue weighted by atomic mass is 35.5. The van der Waals surface area contributed by atoms with Crippen LogP contribution in [-0.4, -0.2) is 23.7 Å². The first-order valence-electron chi connectivity index (χ1n) is 7.62. The molecule has 1 fully saturated rings. The van der Waals surface area contributed by atoms with Gasteiger partial charge in [0.15, 0.2) is 5.79 Å². The fourth-order valence-corrected chi connectivity index (χ4v) is 3.53. The molecule has 2 aromatic carbocycles. The van der Waals surface area contributed by atoms with Crippen molar-refractivity contribution in [3.05, 3.63) is 65.2 Å². The number of halogens is 1. The molecule has 0 spiro atoms. The third-order valence-electron chi connectivity index (χ3n) is 3.72. The summed E-state index contributed by atoms with van der Waals surface area (Å²) in [5.41, 5.74) is 1.58. The van der Waals surface area contributed by atoms with E-state index in [0.29, 0.717) is 17.4 Å². The first-order valence-corrected chi connectivity index (χ1v) is 8.99. The molecule has 1 aliphatic rings. The van der Waals surface area contributed by atoms with Crippen molar-refractivity contribution in [1.29, 1.82) is 0 Å². The summed E-state index contributed by atoms with van der Waals surface area (Å²) in [7, 11) is 0. The maximum atomic E-state index is 12.0. The third kappa shape index (κ3) is 4.11.